The molecule has 2 atom stereocenters. The van der Waals surface area contributed by atoms with Crippen LogP contribution in [0.15, 0.2) is 54.6 Å². The van der Waals surface area contributed by atoms with Crippen LogP contribution < -0.4 is 5.32 Å². The van der Waals surface area contributed by atoms with Crippen LogP contribution in [0, 0.1) is 0 Å². The molecule has 122 valence electrons. The van der Waals surface area contributed by atoms with Crippen molar-refractivity contribution in [3.8, 4) is 0 Å². The number of hydrogen-bond donors (Lipinski definition) is 1. The van der Waals surface area contributed by atoms with Gasteiger partial charge in [0, 0.05) is 16.1 Å². The van der Waals surface area contributed by atoms with Crippen molar-refractivity contribution >= 4 is 29.1 Å². The summed E-state index contributed by atoms with van der Waals surface area (Å²) in [6.45, 7) is 4.65. The van der Waals surface area contributed by atoms with Crippen molar-refractivity contribution < 1.29 is 4.79 Å². The Morgan fingerprint density at radius 3 is 2.13 bits per heavy atom. The standard InChI is InChI=1S/C12H16N2O.C6H4Cl2/c1-9(11-6-4-3-5-7-11)14-8-12(15)13-10(14)2;7-5-2-1-3-6(8)4-5/h3-7,9-10H,8H2,1-2H3,(H,13,15);1-4H/t9-,10?;/m1./s1. The van der Waals surface area contributed by atoms with Gasteiger partial charge in [-0.3, -0.25) is 9.69 Å². The van der Waals surface area contributed by atoms with Gasteiger partial charge in [-0.15, -0.1) is 0 Å². The molecule has 3 nitrogen and oxygen atoms in total. The van der Waals surface area contributed by atoms with Gasteiger partial charge in [-0.05, 0) is 37.6 Å². The summed E-state index contributed by atoms with van der Waals surface area (Å²) in [7, 11) is 0. The van der Waals surface area contributed by atoms with Gasteiger partial charge in [-0.25, -0.2) is 0 Å². The van der Waals surface area contributed by atoms with E-state index in [-0.39, 0.29) is 18.1 Å². The highest BCUT2D eigenvalue weighted by molar-refractivity contribution is 6.34. The van der Waals surface area contributed by atoms with E-state index in [1.54, 1.807) is 18.2 Å². The Morgan fingerprint density at radius 1 is 1.09 bits per heavy atom. The Bertz CT molecular complexity index is 631. The molecule has 1 N–H and O–H groups in total. The van der Waals surface area contributed by atoms with Crippen molar-refractivity contribution in [3.05, 3.63) is 70.2 Å². The van der Waals surface area contributed by atoms with Gasteiger partial charge in [0.2, 0.25) is 5.91 Å². The number of carbonyl (C=O) groups excluding carboxylic acids is 1. The second-order valence-electron chi connectivity index (χ2n) is 5.44. The van der Waals surface area contributed by atoms with Crippen molar-refractivity contribution in [2.75, 3.05) is 6.54 Å². The first-order valence-electron chi connectivity index (χ1n) is 7.48. The first-order chi connectivity index (χ1) is 11.0. The van der Waals surface area contributed by atoms with Crippen molar-refractivity contribution in [1.29, 1.82) is 0 Å². The minimum atomic E-state index is 0.116. The molecule has 0 bridgehead atoms. The number of nitrogens with one attached hydrogen (secondary N) is 1. The van der Waals surface area contributed by atoms with Gasteiger partial charge >= 0.3 is 0 Å². The first-order valence-corrected chi connectivity index (χ1v) is 8.24. The van der Waals surface area contributed by atoms with E-state index < -0.39 is 0 Å². The maximum atomic E-state index is 11.2. The summed E-state index contributed by atoms with van der Waals surface area (Å²) < 4.78 is 0. The number of nitrogens with zero attached hydrogens (tertiary/aromatic N) is 1. The fraction of sp³-hybridized carbons (Fsp3) is 0.278. The van der Waals surface area contributed by atoms with Crippen LogP contribution in [0.25, 0.3) is 0 Å². The topological polar surface area (TPSA) is 32.3 Å². The van der Waals surface area contributed by atoms with Crippen LogP contribution in [0.2, 0.25) is 10.0 Å². The molecule has 0 saturated carbocycles. The number of benzene rings is 2. The summed E-state index contributed by atoms with van der Waals surface area (Å²) in [6.07, 6.45) is 0.132. The van der Waals surface area contributed by atoms with Gasteiger partial charge in [0.05, 0.1) is 12.7 Å². The zero-order valence-electron chi connectivity index (χ0n) is 13.2. The molecule has 3 rings (SSSR count). The third-order valence-electron chi connectivity index (χ3n) is 3.76. The normalized spacial score (nSPS) is 18.8. The summed E-state index contributed by atoms with van der Waals surface area (Å²) >= 11 is 11.1. The molecule has 1 amide bonds. The second-order valence-corrected chi connectivity index (χ2v) is 6.32. The number of amides is 1. The van der Waals surface area contributed by atoms with E-state index in [1.165, 1.54) is 5.56 Å². The molecule has 0 aliphatic carbocycles. The van der Waals surface area contributed by atoms with E-state index in [0.29, 0.717) is 16.6 Å². The van der Waals surface area contributed by atoms with Gasteiger partial charge in [-0.2, -0.15) is 0 Å². The third-order valence-corrected chi connectivity index (χ3v) is 4.23. The maximum absolute atomic E-state index is 11.2. The molecule has 1 saturated heterocycles. The lowest BCUT2D eigenvalue weighted by atomic mass is 10.1. The van der Waals surface area contributed by atoms with E-state index >= 15 is 0 Å². The highest BCUT2D eigenvalue weighted by atomic mass is 35.5. The molecular formula is C18H20Cl2N2O. The molecule has 0 aromatic heterocycles. The van der Waals surface area contributed by atoms with Gasteiger partial charge in [0.15, 0.2) is 0 Å². The van der Waals surface area contributed by atoms with Crippen LogP contribution in [0.4, 0.5) is 0 Å². The van der Waals surface area contributed by atoms with Crippen LogP contribution in [-0.4, -0.2) is 23.5 Å². The molecule has 1 aliphatic rings. The van der Waals surface area contributed by atoms with Gasteiger partial charge < -0.3 is 5.32 Å². The average molecular weight is 351 g/mol. The van der Waals surface area contributed by atoms with Crippen molar-refractivity contribution in [2.24, 2.45) is 0 Å². The predicted molar refractivity (Wildman–Crippen MR) is 95.6 cm³/mol. The minimum Gasteiger partial charge on any atom is -0.340 e. The summed E-state index contributed by atoms with van der Waals surface area (Å²) in [4.78, 5) is 13.4. The Balaban J connectivity index is 0.000000203. The molecular weight excluding hydrogens is 331 g/mol. The average Bonchev–Trinajstić information content (AvgIpc) is 2.86. The fourth-order valence-electron chi connectivity index (χ4n) is 2.52. The van der Waals surface area contributed by atoms with Crippen molar-refractivity contribution in [3.63, 3.8) is 0 Å². The molecule has 1 unspecified atom stereocenters. The van der Waals surface area contributed by atoms with Crippen LogP contribution in [0.5, 0.6) is 0 Å². The minimum absolute atomic E-state index is 0.116. The van der Waals surface area contributed by atoms with Crippen molar-refractivity contribution in [1.82, 2.24) is 10.2 Å². The maximum Gasteiger partial charge on any atom is 0.235 e. The van der Waals surface area contributed by atoms with Crippen LogP contribution in [-0.2, 0) is 4.79 Å². The fourth-order valence-corrected chi connectivity index (χ4v) is 2.96. The number of rotatable bonds is 2. The Labute approximate surface area is 147 Å². The lowest BCUT2D eigenvalue weighted by molar-refractivity contribution is -0.118. The summed E-state index contributed by atoms with van der Waals surface area (Å²) in [5, 5.41) is 4.26. The third kappa shape index (κ3) is 5.24. The smallest absolute Gasteiger partial charge is 0.235 e. The quantitative estimate of drug-likeness (QED) is 0.863. The molecule has 1 fully saturated rings. The number of carbonyl (C=O) groups is 1. The monoisotopic (exact) mass is 350 g/mol. The summed E-state index contributed by atoms with van der Waals surface area (Å²) in [5.41, 5.74) is 1.25. The molecule has 0 radical (unpaired) electrons. The molecule has 23 heavy (non-hydrogen) atoms. The zero-order chi connectivity index (χ0) is 16.8. The SMILES string of the molecule is CC1NC(=O)CN1[C@H](C)c1ccccc1.Clc1cccc(Cl)c1. The number of halogens is 2. The van der Waals surface area contributed by atoms with E-state index in [1.807, 2.05) is 31.2 Å². The van der Waals surface area contributed by atoms with E-state index in [2.05, 4.69) is 29.3 Å². The molecule has 2 aromatic carbocycles. The predicted octanol–water partition coefficient (Wildman–Crippen LogP) is 4.52. The Hall–Kier alpha value is -1.55. The van der Waals surface area contributed by atoms with E-state index in [0.717, 1.165) is 0 Å². The van der Waals surface area contributed by atoms with Crippen LogP contribution in [0.1, 0.15) is 25.5 Å². The van der Waals surface area contributed by atoms with Gasteiger partial charge in [-0.1, -0.05) is 59.6 Å². The van der Waals surface area contributed by atoms with Gasteiger partial charge in [0.25, 0.3) is 0 Å². The highest BCUT2D eigenvalue weighted by Gasteiger charge is 2.30. The Kier molecular flexibility index (Phi) is 6.46. The largest absolute Gasteiger partial charge is 0.340 e. The van der Waals surface area contributed by atoms with Crippen molar-refractivity contribution in [2.45, 2.75) is 26.1 Å². The van der Waals surface area contributed by atoms with E-state index in [9.17, 15) is 4.79 Å². The zero-order valence-corrected chi connectivity index (χ0v) is 14.7. The lowest BCUT2D eigenvalue weighted by Gasteiger charge is -2.27. The molecule has 0 spiro atoms. The molecule has 2 aromatic rings. The molecule has 5 heteroatoms. The second kappa shape index (κ2) is 8.34. The lowest BCUT2D eigenvalue weighted by Crippen LogP contribution is -2.34. The highest BCUT2D eigenvalue weighted by Crippen LogP contribution is 2.23. The van der Waals surface area contributed by atoms with E-state index in [4.69, 9.17) is 23.2 Å². The Morgan fingerprint density at radius 2 is 1.70 bits per heavy atom. The molecule has 1 aliphatic heterocycles. The van der Waals surface area contributed by atoms with Gasteiger partial charge in [0.1, 0.15) is 0 Å². The summed E-state index contributed by atoms with van der Waals surface area (Å²) in [5.74, 6) is 0.116. The first kappa shape index (κ1) is 17.8. The van der Waals surface area contributed by atoms with Crippen LogP contribution >= 0.6 is 23.2 Å². The molecule has 1 heterocycles. The number of hydrogen-bond acceptors (Lipinski definition) is 2. The van der Waals surface area contributed by atoms with Crippen LogP contribution in [0.3, 0.4) is 0 Å². The summed E-state index contributed by atoms with van der Waals surface area (Å²) in [6, 6.07) is 17.6.